The molecular weight excluding hydrogens is 457 g/mol. The van der Waals surface area contributed by atoms with Crippen LogP contribution < -0.4 is 5.32 Å². The van der Waals surface area contributed by atoms with Crippen molar-refractivity contribution >= 4 is 39.3 Å². The third kappa shape index (κ3) is 6.50. The summed E-state index contributed by atoms with van der Waals surface area (Å²) in [4.78, 5) is 14.5. The van der Waals surface area contributed by atoms with E-state index in [4.69, 9.17) is 23.2 Å². The van der Waals surface area contributed by atoms with E-state index in [0.29, 0.717) is 48.3 Å². The zero-order chi connectivity index (χ0) is 22.6. The van der Waals surface area contributed by atoms with Crippen molar-refractivity contribution in [1.82, 2.24) is 14.5 Å². The normalized spacial score (nSPS) is 23.5. The van der Waals surface area contributed by atoms with Crippen LogP contribution in [0.15, 0.2) is 18.2 Å². The smallest absolute Gasteiger partial charge is 0.317 e. The second kappa shape index (κ2) is 10.7. The van der Waals surface area contributed by atoms with Crippen molar-refractivity contribution < 1.29 is 13.2 Å². The number of nitrogens with one attached hydrogen (secondary N) is 1. The van der Waals surface area contributed by atoms with Crippen LogP contribution in [0.5, 0.6) is 0 Å². The Labute approximate surface area is 196 Å². The number of rotatable bonds is 6. The van der Waals surface area contributed by atoms with E-state index in [-0.39, 0.29) is 23.9 Å². The maximum atomic E-state index is 12.8. The van der Waals surface area contributed by atoms with E-state index in [0.717, 1.165) is 25.7 Å². The van der Waals surface area contributed by atoms with Gasteiger partial charge in [0.25, 0.3) is 0 Å². The molecule has 174 valence electrons. The van der Waals surface area contributed by atoms with Crippen molar-refractivity contribution in [3.8, 4) is 0 Å². The van der Waals surface area contributed by atoms with Gasteiger partial charge in [0.05, 0.1) is 5.75 Å². The molecule has 0 unspecified atom stereocenters. The van der Waals surface area contributed by atoms with E-state index in [1.165, 1.54) is 5.56 Å². The van der Waals surface area contributed by atoms with Gasteiger partial charge < -0.3 is 10.2 Å². The summed E-state index contributed by atoms with van der Waals surface area (Å²) in [6.07, 6.45) is 5.78. The van der Waals surface area contributed by atoms with Gasteiger partial charge in [0.15, 0.2) is 0 Å². The average molecular weight is 490 g/mol. The lowest BCUT2D eigenvalue weighted by Crippen LogP contribution is -2.52. The van der Waals surface area contributed by atoms with Crippen LogP contribution in [0.4, 0.5) is 4.79 Å². The summed E-state index contributed by atoms with van der Waals surface area (Å²) in [6.45, 7) is 2.84. The number of carbonyl (C=O) groups is 1. The molecule has 9 heteroatoms. The second-order valence-electron chi connectivity index (χ2n) is 8.76. The molecule has 1 aliphatic carbocycles. The molecule has 0 spiro atoms. The minimum atomic E-state index is -3.16. The van der Waals surface area contributed by atoms with Gasteiger partial charge in [-0.2, -0.15) is 0 Å². The van der Waals surface area contributed by atoms with Gasteiger partial charge in [-0.3, -0.25) is 0 Å². The van der Waals surface area contributed by atoms with Crippen LogP contribution >= 0.6 is 23.2 Å². The fourth-order valence-electron chi connectivity index (χ4n) is 4.72. The third-order valence-electron chi connectivity index (χ3n) is 6.56. The molecular formula is C22H33Cl2N3O3S. The highest BCUT2D eigenvalue weighted by Gasteiger charge is 2.32. The number of halogens is 2. The summed E-state index contributed by atoms with van der Waals surface area (Å²) in [5, 5.41) is 4.50. The van der Waals surface area contributed by atoms with Crippen molar-refractivity contribution in [3.63, 3.8) is 0 Å². The molecule has 2 fully saturated rings. The summed E-state index contributed by atoms with van der Waals surface area (Å²) in [5.74, 6) is 0.606. The Hall–Kier alpha value is -1.02. The lowest BCUT2D eigenvalue weighted by Gasteiger charge is -2.37. The summed E-state index contributed by atoms with van der Waals surface area (Å²) in [6, 6.07) is 5.88. The molecule has 1 N–H and O–H groups in total. The molecule has 31 heavy (non-hydrogen) atoms. The number of nitrogens with zero attached hydrogens (tertiary/aromatic N) is 2. The lowest BCUT2D eigenvalue weighted by molar-refractivity contribution is 0.157. The minimum absolute atomic E-state index is 0.0656. The predicted molar refractivity (Wildman–Crippen MR) is 126 cm³/mol. The summed E-state index contributed by atoms with van der Waals surface area (Å²) in [5.41, 5.74) is 1.17. The van der Waals surface area contributed by atoms with Crippen LogP contribution in [-0.4, -0.2) is 61.6 Å². The maximum absolute atomic E-state index is 12.8. The van der Waals surface area contributed by atoms with Crippen LogP contribution in [-0.2, 0) is 10.0 Å². The molecule has 1 heterocycles. The van der Waals surface area contributed by atoms with Crippen LogP contribution in [0.2, 0.25) is 10.0 Å². The highest BCUT2D eigenvalue weighted by atomic mass is 35.5. The number of sulfonamides is 1. The van der Waals surface area contributed by atoms with E-state index >= 15 is 0 Å². The quantitative estimate of drug-likeness (QED) is 0.619. The lowest BCUT2D eigenvalue weighted by atomic mass is 9.82. The molecule has 2 aliphatic rings. The average Bonchev–Trinajstić information content (AvgIpc) is 2.73. The molecule has 1 aliphatic heterocycles. The number of hydrogen-bond donors (Lipinski definition) is 1. The van der Waals surface area contributed by atoms with Gasteiger partial charge in [-0.15, -0.1) is 0 Å². The van der Waals surface area contributed by atoms with Gasteiger partial charge in [-0.1, -0.05) is 30.1 Å². The number of amides is 2. The molecule has 3 rings (SSSR count). The standard InChI is InChI=1S/C22H33Cl2N3O3S/c1-3-12-31(29,30)27-10-8-21(9-11-27)26(2)22(28)25-20-6-4-16(5-7-20)17-13-18(23)15-19(24)14-17/h13-16,20-21H,3-12H2,1-2H3,(H,25,28)/t16-,20-. The number of hydrogen-bond acceptors (Lipinski definition) is 3. The molecule has 1 saturated carbocycles. The Balaban J connectivity index is 1.46. The molecule has 1 aromatic rings. The van der Waals surface area contributed by atoms with E-state index < -0.39 is 10.0 Å². The minimum Gasteiger partial charge on any atom is -0.335 e. The van der Waals surface area contributed by atoms with E-state index in [1.54, 1.807) is 15.3 Å². The fraction of sp³-hybridized carbons (Fsp3) is 0.682. The Bertz CT molecular complexity index is 845. The molecule has 6 nitrogen and oxygen atoms in total. The summed E-state index contributed by atoms with van der Waals surface area (Å²) in [7, 11) is -1.35. The van der Waals surface area contributed by atoms with E-state index in [9.17, 15) is 13.2 Å². The number of carbonyl (C=O) groups excluding carboxylic acids is 1. The highest BCUT2D eigenvalue weighted by Crippen LogP contribution is 2.35. The van der Waals surface area contributed by atoms with Gasteiger partial charge >= 0.3 is 6.03 Å². The molecule has 0 radical (unpaired) electrons. The van der Waals surface area contributed by atoms with Crippen LogP contribution in [0.1, 0.15) is 63.4 Å². The first-order valence-electron chi connectivity index (χ1n) is 11.2. The molecule has 0 aromatic heterocycles. The van der Waals surface area contributed by atoms with Gasteiger partial charge in [-0.25, -0.2) is 17.5 Å². The first kappa shape index (κ1) is 24.6. The Morgan fingerprint density at radius 2 is 1.65 bits per heavy atom. The molecule has 1 saturated heterocycles. The van der Waals surface area contributed by atoms with E-state index in [1.807, 2.05) is 26.1 Å². The summed E-state index contributed by atoms with van der Waals surface area (Å²) < 4.78 is 26.1. The molecule has 2 amide bonds. The molecule has 1 aromatic carbocycles. The van der Waals surface area contributed by atoms with Gasteiger partial charge in [0, 0.05) is 42.3 Å². The second-order valence-corrected chi connectivity index (χ2v) is 11.7. The number of piperidine rings is 1. The van der Waals surface area contributed by atoms with Crippen LogP contribution in [0.25, 0.3) is 0 Å². The van der Waals surface area contributed by atoms with Gasteiger partial charge in [0.1, 0.15) is 0 Å². The van der Waals surface area contributed by atoms with Gasteiger partial charge in [-0.05, 0) is 74.6 Å². The zero-order valence-corrected chi connectivity index (χ0v) is 20.6. The van der Waals surface area contributed by atoms with Gasteiger partial charge in [0.2, 0.25) is 10.0 Å². The largest absolute Gasteiger partial charge is 0.335 e. The third-order valence-corrected chi connectivity index (χ3v) is 9.07. The SMILES string of the molecule is CCCS(=O)(=O)N1CCC(N(C)C(=O)N[C@H]2CC[C@H](c3cc(Cl)cc(Cl)c3)CC2)CC1. The van der Waals surface area contributed by atoms with Crippen molar-refractivity contribution in [1.29, 1.82) is 0 Å². The maximum Gasteiger partial charge on any atom is 0.317 e. The first-order valence-corrected chi connectivity index (χ1v) is 13.5. The summed E-state index contributed by atoms with van der Waals surface area (Å²) >= 11 is 12.3. The van der Waals surface area contributed by atoms with Crippen molar-refractivity contribution in [3.05, 3.63) is 33.8 Å². The molecule has 0 atom stereocenters. The Morgan fingerprint density at radius 1 is 1.06 bits per heavy atom. The van der Waals surface area contributed by atoms with Crippen LogP contribution in [0, 0.1) is 0 Å². The number of urea groups is 1. The van der Waals surface area contributed by atoms with E-state index in [2.05, 4.69) is 5.32 Å². The predicted octanol–water partition coefficient (Wildman–Crippen LogP) is 4.87. The fourth-order valence-corrected chi connectivity index (χ4v) is 6.80. The van der Waals surface area contributed by atoms with Crippen molar-refractivity contribution in [2.24, 2.45) is 0 Å². The van der Waals surface area contributed by atoms with Crippen LogP contribution in [0.3, 0.4) is 0 Å². The Morgan fingerprint density at radius 3 is 2.19 bits per heavy atom. The zero-order valence-electron chi connectivity index (χ0n) is 18.3. The molecule has 0 bridgehead atoms. The monoisotopic (exact) mass is 489 g/mol. The first-order chi connectivity index (χ1) is 14.7. The van der Waals surface area contributed by atoms with Crippen molar-refractivity contribution in [2.75, 3.05) is 25.9 Å². The van der Waals surface area contributed by atoms with Crippen molar-refractivity contribution in [2.45, 2.75) is 69.9 Å². The number of benzene rings is 1. The topological polar surface area (TPSA) is 69.7 Å². The highest BCUT2D eigenvalue weighted by molar-refractivity contribution is 7.89. The Kier molecular flexibility index (Phi) is 8.52.